The largest absolute Gasteiger partial charge is 0.497 e. The van der Waals surface area contributed by atoms with Crippen molar-refractivity contribution in [3.8, 4) is 5.75 Å². The van der Waals surface area contributed by atoms with Crippen LogP contribution in [0.25, 0.3) is 0 Å². The van der Waals surface area contributed by atoms with Gasteiger partial charge in [-0.1, -0.05) is 36.8 Å². The van der Waals surface area contributed by atoms with Crippen molar-refractivity contribution < 1.29 is 29.0 Å². The Morgan fingerprint density at radius 2 is 1.90 bits per heavy atom. The van der Waals surface area contributed by atoms with E-state index in [4.69, 9.17) is 9.15 Å². The summed E-state index contributed by atoms with van der Waals surface area (Å²) in [6.45, 7) is 4.81. The molecule has 1 saturated carbocycles. The maximum Gasteiger partial charge on any atom is 0.321 e. The summed E-state index contributed by atoms with van der Waals surface area (Å²) in [5.41, 5.74) is 2.22. The monoisotopic (exact) mass is 696 g/mol. The second-order valence-electron chi connectivity index (χ2n) is 14.2. The van der Waals surface area contributed by atoms with Gasteiger partial charge in [0.05, 0.1) is 31.6 Å². The van der Waals surface area contributed by atoms with E-state index in [0.29, 0.717) is 62.1 Å². The van der Waals surface area contributed by atoms with Gasteiger partial charge in [0.2, 0.25) is 5.78 Å². The zero-order valence-electron chi connectivity index (χ0n) is 29.2. The van der Waals surface area contributed by atoms with E-state index >= 15 is 0 Å². The molecule has 0 radical (unpaired) electrons. The van der Waals surface area contributed by atoms with Crippen LogP contribution in [0.1, 0.15) is 90.4 Å². The summed E-state index contributed by atoms with van der Waals surface area (Å²) in [4.78, 5) is 31.0. The van der Waals surface area contributed by atoms with Gasteiger partial charge >= 0.3 is 6.03 Å². The van der Waals surface area contributed by atoms with Crippen LogP contribution in [0, 0.1) is 5.41 Å². The molecule has 264 valence electrons. The molecule has 2 aromatic carbocycles. The topological polar surface area (TPSA) is 112 Å². The summed E-state index contributed by atoms with van der Waals surface area (Å²) in [7, 11) is 1.60. The summed E-state index contributed by atoms with van der Waals surface area (Å²) in [6, 6.07) is 20.4. The van der Waals surface area contributed by atoms with Gasteiger partial charge in [0.1, 0.15) is 5.75 Å². The van der Waals surface area contributed by atoms with Crippen LogP contribution in [-0.4, -0.2) is 58.8 Å². The Labute approximate surface area is 298 Å². The van der Waals surface area contributed by atoms with Crippen molar-refractivity contribution in [3.63, 3.8) is 0 Å². The van der Waals surface area contributed by atoms with Gasteiger partial charge in [-0.05, 0) is 129 Å². The van der Waals surface area contributed by atoms with E-state index in [1.807, 2.05) is 41.8 Å². The summed E-state index contributed by atoms with van der Waals surface area (Å²) in [5.74, 6) is 0.580. The molecule has 2 aromatic heterocycles. The number of carbonyl (C=O) groups excluding carboxylic acids is 2. The Bertz CT molecular complexity index is 1780. The first-order valence-electron chi connectivity index (χ1n) is 17.6. The fraction of sp³-hybridized carbons (Fsp3) is 0.415. The fourth-order valence-electron chi connectivity index (χ4n) is 7.88. The van der Waals surface area contributed by atoms with Crippen LogP contribution in [0.15, 0.2) is 94.4 Å². The number of fused-ring (bicyclic) bond motifs is 8. The van der Waals surface area contributed by atoms with Crippen molar-refractivity contribution in [3.05, 3.63) is 117 Å². The number of benzene rings is 2. The lowest BCUT2D eigenvalue weighted by atomic mass is 9.64. The minimum absolute atomic E-state index is 0.141. The van der Waals surface area contributed by atoms with Gasteiger partial charge in [0, 0.05) is 28.1 Å². The number of amides is 2. The van der Waals surface area contributed by atoms with E-state index in [0.717, 1.165) is 24.0 Å². The molecule has 2 bridgehead atoms. The lowest BCUT2D eigenvalue weighted by molar-refractivity contribution is -0.0762. The molecule has 7 rings (SSSR count). The van der Waals surface area contributed by atoms with E-state index in [-0.39, 0.29) is 30.0 Å². The molecule has 0 unspecified atom stereocenters. The molecule has 0 aliphatic heterocycles. The highest BCUT2D eigenvalue weighted by Gasteiger charge is 2.57. The lowest BCUT2D eigenvalue weighted by Crippen LogP contribution is -2.54. The van der Waals surface area contributed by atoms with E-state index in [9.17, 15) is 19.8 Å². The van der Waals surface area contributed by atoms with Crippen LogP contribution in [-0.2, 0) is 12.8 Å². The first-order valence-corrected chi connectivity index (χ1v) is 18.5. The highest BCUT2D eigenvalue weighted by molar-refractivity contribution is 7.09. The number of thiophene rings is 1. The molecule has 3 N–H and O–H groups in total. The number of rotatable bonds is 9. The lowest BCUT2D eigenvalue weighted by Gasteiger charge is -2.46. The number of methoxy groups -OCH3 is 1. The third kappa shape index (κ3) is 7.75. The predicted molar refractivity (Wildman–Crippen MR) is 197 cm³/mol. The van der Waals surface area contributed by atoms with Crippen LogP contribution in [0.4, 0.5) is 10.5 Å². The van der Waals surface area contributed by atoms with Gasteiger partial charge in [-0.3, -0.25) is 4.79 Å². The highest BCUT2D eigenvalue weighted by atomic mass is 32.1. The van der Waals surface area contributed by atoms with E-state index < -0.39 is 17.1 Å². The van der Waals surface area contributed by atoms with Gasteiger partial charge in [0.15, 0.2) is 5.76 Å². The zero-order valence-corrected chi connectivity index (χ0v) is 30.0. The van der Waals surface area contributed by atoms with Crippen molar-refractivity contribution >= 4 is 28.8 Å². The van der Waals surface area contributed by atoms with Crippen LogP contribution < -0.4 is 10.1 Å². The maximum atomic E-state index is 14.0. The number of furan rings is 1. The molecule has 4 aromatic rings. The SMILES string of the molecule is COc1ccc(NC(=O)N(CCc2cccs2)C[C@]2(O)CC[C@H]3c4ccc(cc4C(=O)c4ccco4)C[C@@H](O)CCC(C)=CCC[C@@]32C)cc1. The number of nitrogens with zero attached hydrogens (tertiary/aromatic N) is 1. The van der Waals surface area contributed by atoms with Gasteiger partial charge in [0.25, 0.3) is 0 Å². The molecule has 8 nitrogen and oxygen atoms in total. The number of aliphatic hydroxyl groups excluding tert-OH is 1. The summed E-state index contributed by atoms with van der Waals surface area (Å²) in [5, 5.41) is 28.9. The van der Waals surface area contributed by atoms with Crippen molar-refractivity contribution in [2.24, 2.45) is 5.41 Å². The van der Waals surface area contributed by atoms with E-state index in [1.165, 1.54) is 16.7 Å². The Morgan fingerprint density at radius 3 is 2.62 bits per heavy atom. The number of aliphatic hydroxyl groups is 2. The molecular weight excluding hydrogens is 649 g/mol. The summed E-state index contributed by atoms with van der Waals surface area (Å²) >= 11 is 1.65. The first-order chi connectivity index (χ1) is 24.1. The van der Waals surface area contributed by atoms with Gasteiger partial charge in [-0.15, -0.1) is 11.3 Å². The number of urea groups is 1. The third-order valence-corrected chi connectivity index (χ3v) is 11.9. The number of hydrogen-bond donors (Lipinski definition) is 3. The van der Waals surface area contributed by atoms with Crippen LogP contribution in [0.5, 0.6) is 5.75 Å². The molecular formula is C41H48N2O6S. The van der Waals surface area contributed by atoms with E-state index in [1.54, 1.807) is 47.6 Å². The van der Waals surface area contributed by atoms with Gasteiger partial charge in [-0.2, -0.15) is 0 Å². The third-order valence-electron chi connectivity index (χ3n) is 11.0. The molecule has 2 heterocycles. The maximum absolute atomic E-state index is 14.0. The molecule has 9 heteroatoms. The number of ether oxygens (including phenoxy) is 1. The molecule has 4 atom stereocenters. The second-order valence-corrected chi connectivity index (χ2v) is 15.2. The fourth-order valence-corrected chi connectivity index (χ4v) is 8.58. The van der Waals surface area contributed by atoms with Crippen LogP contribution in [0.2, 0.25) is 0 Å². The Hall–Kier alpha value is -4.18. The van der Waals surface area contributed by atoms with Crippen molar-refractivity contribution in [1.29, 1.82) is 0 Å². The quantitative estimate of drug-likeness (QED) is 0.120. The molecule has 0 saturated heterocycles. The Balaban J connectivity index is 1.37. The van der Waals surface area contributed by atoms with E-state index in [2.05, 4.69) is 31.3 Å². The number of anilines is 1. The van der Waals surface area contributed by atoms with Gasteiger partial charge in [-0.25, -0.2) is 4.79 Å². The van der Waals surface area contributed by atoms with Crippen LogP contribution >= 0.6 is 11.3 Å². The standard InChI is InChI=1S/C41H48N2O6S/c1-28-7-4-20-40(2)36(34-17-11-29(25-31(44)14-10-28)26-35(34)38(45)37-9-5-23-49-37)18-21-41(40,47)27-43(22-19-33-8-6-24-50-33)39(46)42-30-12-15-32(48-3)16-13-30/h5-9,11-13,15-17,23-24,26,31,36,44,47H,4,10,14,18-22,25,27H2,1-3H3,(H,42,46)/t31-,36-,40-,41+/m0/s1. The summed E-state index contributed by atoms with van der Waals surface area (Å²) < 4.78 is 10.9. The number of hydrogen-bond acceptors (Lipinski definition) is 7. The molecule has 0 spiro atoms. The second kappa shape index (κ2) is 15.4. The van der Waals surface area contributed by atoms with Crippen molar-refractivity contribution in [2.45, 2.75) is 82.8 Å². The minimum Gasteiger partial charge on any atom is -0.497 e. The average Bonchev–Trinajstić information content (AvgIpc) is 3.89. The molecule has 3 aliphatic rings. The summed E-state index contributed by atoms with van der Waals surface area (Å²) in [6.07, 6.45) is 8.20. The number of nitrogens with one attached hydrogen (secondary N) is 1. The molecule has 50 heavy (non-hydrogen) atoms. The Kier molecular flexibility index (Phi) is 11.0. The Morgan fingerprint density at radius 1 is 1.08 bits per heavy atom. The average molecular weight is 697 g/mol. The first kappa shape index (κ1) is 35.6. The number of carbonyl (C=O) groups is 2. The number of ketones is 1. The normalized spacial score (nSPS) is 23.8. The molecule has 2 amide bonds. The predicted octanol–water partition coefficient (Wildman–Crippen LogP) is 8.40. The molecule has 1 fully saturated rings. The molecule has 3 aliphatic carbocycles. The van der Waals surface area contributed by atoms with Gasteiger partial charge < -0.3 is 29.6 Å². The van der Waals surface area contributed by atoms with Crippen molar-refractivity contribution in [1.82, 2.24) is 4.90 Å². The zero-order chi connectivity index (χ0) is 35.3. The minimum atomic E-state index is -1.25. The van der Waals surface area contributed by atoms with Crippen LogP contribution in [0.3, 0.4) is 0 Å². The smallest absolute Gasteiger partial charge is 0.321 e. The van der Waals surface area contributed by atoms with Crippen molar-refractivity contribution in [2.75, 3.05) is 25.5 Å². The number of allylic oxidation sites excluding steroid dienone is 2. The highest BCUT2D eigenvalue weighted by Crippen LogP contribution is 2.59.